The van der Waals surface area contributed by atoms with Crippen LogP contribution in [0.3, 0.4) is 0 Å². The molecule has 0 bridgehead atoms. The molecule has 4 N–H and O–H groups in total. The molecule has 8 heteroatoms. The second kappa shape index (κ2) is 2.19. The van der Waals surface area contributed by atoms with Crippen molar-refractivity contribution in [3.8, 4) is 0 Å². The molecule has 0 heterocycles. The van der Waals surface area contributed by atoms with Crippen molar-refractivity contribution < 1.29 is 29.9 Å². The minimum Gasteiger partial charge on any atom is 0 e. The molecular weight excluding hydrogens is 383 g/mol. The first-order valence-corrected chi connectivity index (χ1v) is 10.6. The van der Waals surface area contributed by atoms with Gasteiger partial charge in [0, 0.05) is 20.4 Å². The van der Waals surface area contributed by atoms with Gasteiger partial charge in [-0.25, -0.2) is 0 Å². The van der Waals surface area contributed by atoms with Gasteiger partial charge in [-0.15, -0.1) is 0 Å². The fraction of sp³-hybridized carbons (Fsp3) is 0. The molecule has 0 unspecified atom stereocenters. The predicted molar refractivity (Wildman–Crippen MR) is 31.8 cm³/mol. The summed E-state index contributed by atoms with van der Waals surface area (Å²) in [6.45, 7) is 0. The van der Waals surface area contributed by atoms with Gasteiger partial charge in [0.05, 0.1) is 0 Å². The van der Waals surface area contributed by atoms with Gasteiger partial charge in [-0.1, -0.05) is 0 Å². The largest absolute Gasteiger partial charge is 0 e. The average Bonchev–Trinajstić information content (AvgIpc) is 0.592. The molecule has 0 aromatic carbocycles. The van der Waals surface area contributed by atoms with Crippen LogP contribution in [0.2, 0.25) is 0 Å². The van der Waals surface area contributed by atoms with Gasteiger partial charge in [0.1, 0.15) is 0 Å². The molecule has 0 saturated heterocycles. The van der Waals surface area contributed by atoms with Gasteiger partial charge < -0.3 is 0 Å². The molecule has 0 atom stereocenters. The van der Waals surface area contributed by atoms with Crippen LogP contribution in [-0.2, 0) is 29.9 Å². The van der Waals surface area contributed by atoms with Crippen LogP contribution in [0.5, 0.6) is 0 Å². The van der Waals surface area contributed by atoms with Gasteiger partial charge in [-0.3, -0.25) is 0 Å². The van der Waals surface area contributed by atoms with Crippen molar-refractivity contribution in [3.63, 3.8) is 0 Å². The molecule has 0 aliphatic heterocycles. The SMILES string of the molecule is [NH2][Pd]([NH2])([Cl])([Cl])([Cl])[Cl].[Pd]. The second-order valence-corrected chi connectivity index (χ2v) is 24.9. The van der Waals surface area contributed by atoms with Gasteiger partial charge in [0.2, 0.25) is 0 Å². The molecular formula is H4Cl4N2Pd2. The Kier molecular flexibility index (Phi) is 3.57. The van der Waals surface area contributed by atoms with E-state index in [1.807, 2.05) is 0 Å². The summed E-state index contributed by atoms with van der Waals surface area (Å²) >= 11 is 0. The van der Waals surface area contributed by atoms with Crippen LogP contribution >= 0.6 is 38.1 Å². The van der Waals surface area contributed by atoms with Crippen molar-refractivity contribution in [3.05, 3.63) is 0 Å². The molecule has 0 radical (unpaired) electrons. The second-order valence-electron chi connectivity index (χ2n) is 0.929. The monoisotopic (exact) mass is 384 g/mol. The van der Waals surface area contributed by atoms with E-state index in [4.69, 9.17) is 46.9 Å². The molecule has 62 valence electrons. The Balaban J connectivity index is 0. The van der Waals surface area contributed by atoms with Gasteiger partial charge >= 0.3 is 56.4 Å². The Morgan fingerprint density at radius 3 is 0.875 bits per heavy atom. The standard InChI is InChI=1S/4ClH.2H2N.2Pd/h4*1H;2*1H2;;/q;;;;2*-1;;+6/p-4. The molecule has 0 spiro atoms. The molecule has 0 aromatic heterocycles. The topological polar surface area (TPSA) is 52.0 Å². The zero-order chi connectivity index (χ0) is 6.41. The third-order valence-corrected chi connectivity index (χ3v) is 0. The van der Waals surface area contributed by atoms with Gasteiger partial charge in [-0.2, -0.15) is 0 Å². The van der Waals surface area contributed by atoms with E-state index >= 15 is 0 Å². The number of hydrogen-bond acceptors (Lipinski definition) is 2. The Morgan fingerprint density at radius 1 is 0.875 bits per heavy atom. The Hall–Kier alpha value is 2.40. The van der Waals surface area contributed by atoms with Crippen LogP contribution in [0.15, 0.2) is 0 Å². The van der Waals surface area contributed by atoms with E-state index in [2.05, 4.69) is 0 Å². The molecule has 2 nitrogen and oxygen atoms in total. The summed E-state index contributed by atoms with van der Waals surface area (Å²) in [4.78, 5) is 0. The van der Waals surface area contributed by atoms with Crippen molar-refractivity contribution in [2.45, 2.75) is 0 Å². The van der Waals surface area contributed by atoms with Gasteiger partial charge in [0.15, 0.2) is 0 Å². The molecule has 0 aliphatic rings. The van der Waals surface area contributed by atoms with Crippen LogP contribution in [0, 0.1) is 0 Å². The van der Waals surface area contributed by atoms with Crippen molar-refractivity contribution in [2.75, 3.05) is 0 Å². The van der Waals surface area contributed by atoms with Crippen molar-refractivity contribution in [1.29, 1.82) is 0 Å². The first-order valence-electron chi connectivity index (χ1n) is 0.843. The maximum atomic E-state index is 5.06. The minimum absolute atomic E-state index is 0. The van der Waals surface area contributed by atoms with Crippen LogP contribution in [0.1, 0.15) is 0 Å². The molecule has 0 aliphatic carbocycles. The molecule has 0 saturated carbocycles. The fourth-order valence-electron chi connectivity index (χ4n) is 0. The zero-order valence-corrected chi connectivity index (χ0v) is 9.43. The molecule has 0 fully saturated rings. The number of hydrogen-bond donors (Lipinski definition) is 2. The smallest absolute Gasteiger partial charge is 0 e. The maximum Gasteiger partial charge on any atom is 0 e. The van der Waals surface area contributed by atoms with Crippen LogP contribution in [-0.4, -0.2) is 0 Å². The fourth-order valence-corrected chi connectivity index (χ4v) is 0. The summed E-state index contributed by atoms with van der Waals surface area (Å²) < 4.78 is 9.68. The Labute approximate surface area is 75.8 Å². The minimum atomic E-state index is -5.03. The van der Waals surface area contributed by atoms with Crippen LogP contribution in [0.4, 0.5) is 0 Å². The van der Waals surface area contributed by atoms with E-state index in [1.54, 1.807) is 0 Å². The first kappa shape index (κ1) is 13.0. The molecule has 0 amide bonds. The number of rotatable bonds is 0. The van der Waals surface area contributed by atoms with E-state index in [9.17, 15) is 0 Å². The molecule has 0 rings (SSSR count). The quantitative estimate of drug-likeness (QED) is 0.621. The summed E-state index contributed by atoms with van der Waals surface area (Å²) in [6.07, 6.45) is 0. The summed E-state index contributed by atoms with van der Waals surface area (Å²) in [6, 6.07) is 0. The van der Waals surface area contributed by atoms with E-state index < -0.39 is 9.51 Å². The normalized spacial score (nSPS) is 20.2. The summed E-state index contributed by atoms with van der Waals surface area (Å²) in [7, 11) is 15.2. The van der Waals surface area contributed by atoms with Gasteiger partial charge in [0.25, 0.3) is 0 Å². The summed E-state index contributed by atoms with van der Waals surface area (Å²) in [5, 5.41) is 0. The van der Waals surface area contributed by atoms with E-state index in [0.717, 1.165) is 0 Å². The zero-order valence-electron chi connectivity index (χ0n) is 3.30. The van der Waals surface area contributed by atoms with Crippen molar-refractivity contribution in [2.24, 2.45) is 8.73 Å². The van der Waals surface area contributed by atoms with Crippen LogP contribution in [0.25, 0.3) is 0 Å². The average molecular weight is 387 g/mol. The van der Waals surface area contributed by atoms with Gasteiger partial charge in [-0.05, 0) is 0 Å². The first-order chi connectivity index (χ1) is 2.45. The van der Waals surface area contributed by atoms with E-state index in [0.29, 0.717) is 0 Å². The van der Waals surface area contributed by atoms with Crippen LogP contribution < -0.4 is 8.73 Å². The third-order valence-electron chi connectivity index (χ3n) is 0. The number of halogens is 4. The molecule has 8 heavy (non-hydrogen) atoms. The van der Waals surface area contributed by atoms with E-state index in [1.165, 1.54) is 0 Å². The third kappa shape index (κ3) is 79.7. The van der Waals surface area contributed by atoms with Crippen molar-refractivity contribution >= 4 is 38.1 Å². The maximum absolute atomic E-state index is 5.06. The Morgan fingerprint density at radius 2 is 0.875 bits per heavy atom. The van der Waals surface area contributed by atoms with Crippen molar-refractivity contribution in [1.82, 2.24) is 0 Å². The summed E-state index contributed by atoms with van der Waals surface area (Å²) in [5.41, 5.74) is 0. The predicted octanol–water partition coefficient (Wildman–Crippen LogP) is 1.57. The molecule has 0 aromatic rings. The van der Waals surface area contributed by atoms with E-state index in [-0.39, 0.29) is 20.4 Å². The Bertz CT molecular complexity index is 70.6. The summed E-state index contributed by atoms with van der Waals surface area (Å²) in [5.74, 6) is 0. The number of nitrogens with two attached hydrogens (primary N) is 2.